The van der Waals surface area contributed by atoms with E-state index in [2.05, 4.69) is 15.4 Å². The average molecular weight is 420 g/mol. The van der Waals surface area contributed by atoms with E-state index in [1.165, 1.54) is 13.3 Å². The van der Waals surface area contributed by atoms with Gasteiger partial charge in [0, 0.05) is 23.9 Å². The molecule has 3 heterocycles. The summed E-state index contributed by atoms with van der Waals surface area (Å²) in [5.74, 6) is 0.231. The molecule has 8 heteroatoms. The van der Waals surface area contributed by atoms with E-state index >= 15 is 0 Å². The van der Waals surface area contributed by atoms with Gasteiger partial charge in [-0.15, -0.1) is 0 Å². The Balaban J connectivity index is 1.40. The number of amides is 1. The first-order valence-corrected chi connectivity index (χ1v) is 10.1. The van der Waals surface area contributed by atoms with Crippen LogP contribution in [-0.2, 0) is 22.5 Å². The number of para-hydroxylation sites is 1. The van der Waals surface area contributed by atoms with Crippen LogP contribution in [0.4, 0.5) is 0 Å². The van der Waals surface area contributed by atoms with Gasteiger partial charge in [0.25, 0.3) is 0 Å². The fourth-order valence-electron chi connectivity index (χ4n) is 3.70. The van der Waals surface area contributed by atoms with Gasteiger partial charge in [-0.05, 0) is 43.7 Å². The molecule has 1 aliphatic heterocycles. The van der Waals surface area contributed by atoms with Gasteiger partial charge in [0.15, 0.2) is 0 Å². The Labute approximate surface area is 180 Å². The maximum atomic E-state index is 12.3. The van der Waals surface area contributed by atoms with Crippen molar-refractivity contribution in [1.82, 2.24) is 20.1 Å². The first-order valence-electron chi connectivity index (χ1n) is 10.1. The Morgan fingerprint density at radius 3 is 2.77 bits per heavy atom. The summed E-state index contributed by atoms with van der Waals surface area (Å²) in [5, 5.41) is 7.26. The number of carbonyl (C=O) groups excluding carboxylic acids is 2. The second-order valence-corrected chi connectivity index (χ2v) is 7.55. The van der Waals surface area contributed by atoms with Crippen LogP contribution in [-0.4, -0.2) is 46.4 Å². The van der Waals surface area contributed by atoms with Gasteiger partial charge in [-0.2, -0.15) is 5.10 Å². The molecule has 1 N–H and O–H groups in total. The van der Waals surface area contributed by atoms with E-state index in [1.54, 1.807) is 16.8 Å². The van der Waals surface area contributed by atoms with Gasteiger partial charge in [0.2, 0.25) is 5.91 Å². The van der Waals surface area contributed by atoms with Crippen molar-refractivity contribution in [2.75, 3.05) is 13.7 Å². The summed E-state index contributed by atoms with van der Waals surface area (Å²) in [6.45, 7) is 4.42. The highest BCUT2D eigenvalue weighted by Gasteiger charge is 2.26. The molecule has 0 bridgehead atoms. The van der Waals surface area contributed by atoms with Gasteiger partial charge in [0.1, 0.15) is 18.4 Å². The Morgan fingerprint density at radius 1 is 1.26 bits per heavy atom. The van der Waals surface area contributed by atoms with Crippen molar-refractivity contribution in [3.05, 3.63) is 65.1 Å². The molecule has 1 amide bonds. The first-order chi connectivity index (χ1) is 14.9. The maximum Gasteiger partial charge on any atom is 0.339 e. The van der Waals surface area contributed by atoms with Crippen molar-refractivity contribution < 1.29 is 19.1 Å². The van der Waals surface area contributed by atoms with Gasteiger partial charge >= 0.3 is 5.97 Å². The summed E-state index contributed by atoms with van der Waals surface area (Å²) in [7, 11) is 1.34. The lowest BCUT2D eigenvalue weighted by Gasteiger charge is -2.14. The van der Waals surface area contributed by atoms with Crippen LogP contribution in [0.5, 0.6) is 5.75 Å². The van der Waals surface area contributed by atoms with E-state index in [-0.39, 0.29) is 18.6 Å². The second kappa shape index (κ2) is 8.59. The number of hydrogen-bond acceptors (Lipinski definition) is 6. The van der Waals surface area contributed by atoms with Crippen LogP contribution < -0.4 is 10.1 Å². The van der Waals surface area contributed by atoms with Crippen molar-refractivity contribution in [1.29, 1.82) is 0 Å². The number of hydrogen-bond donors (Lipinski definition) is 1. The molecule has 0 radical (unpaired) electrons. The molecule has 0 fully saturated rings. The van der Waals surface area contributed by atoms with Crippen LogP contribution in [0.25, 0.3) is 11.3 Å². The van der Waals surface area contributed by atoms with E-state index in [9.17, 15) is 9.59 Å². The number of ether oxygens (including phenoxy) is 2. The van der Waals surface area contributed by atoms with E-state index in [0.29, 0.717) is 24.2 Å². The van der Waals surface area contributed by atoms with Gasteiger partial charge in [0.05, 0.1) is 30.6 Å². The van der Waals surface area contributed by atoms with Crippen LogP contribution in [0.15, 0.2) is 42.6 Å². The van der Waals surface area contributed by atoms with Crippen molar-refractivity contribution in [3.63, 3.8) is 0 Å². The minimum Gasteiger partial charge on any atom is -0.487 e. The molecule has 0 saturated heterocycles. The summed E-state index contributed by atoms with van der Waals surface area (Å²) in [6.07, 6.45) is 2.03. The molecule has 0 spiro atoms. The highest BCUT2D eigenvalue weighted by Crippen LogP contribution is 2.37. The van der Waals surface area contributed by atoms with Crippen LogP contribution in [0.2, 0.25) is 0 Å². The lowest BCUT2D eigenvalue weighted by Crippen LogP contribution is -2.36. The van der Waals surface area contributed by atoms with Gasteiger partial charge in [-0.3, -0.25) is 14.5 Å². The zero-order valence-electron chi connectivity index (χ0n) is 17.7. The Kier molecular flexibility index (Phi) is 5.70. The number of carbonyl (C=O) groups is 2. The topological polar surface area (TPSA) is 95.3 Å². The molecule has 8 nitrogen and oxygen atoms in total. The van der Waals surface area contributed by atoms with Gasteiger partial charge in [-0.25, -0.2) is 4.79 Å². The van der Waals surface area contributed by atoms with Crippen LogP contribution in [0.3, 0.4) is 0 Å². The second-order valence-electron chi connectivity index (χ2n) is 7.55. The normalized spacial score (nSPS) is 14.6. The number of aryl methyl sites for hydroxylation is 2. The zero-order valence-corrected chi connectivity index (χ0v) is 17.7. The van der Waals surface area contributed by atoms with Crippen molar-refractivity contribution in [2.24, 2.45) is 0 Å². The average Bonchev–Trinajstić information content (AvgIpc) is 3.33. The third-order valence-corrected chi connectivity index (χ3v) is 5.21. The zero-order chi connectivity index (χ0) is 22.0. The first kappa shape index (κ1) is 20.6. The standard InChI is InChI=1S/C23H24N4O4/c1-14-9-15(2)27(26-14)13-21(28)25-12-18-10-16-5-4-6-19(22(16)31-18)20-8-7-17(11-24-20)23(29)30-3/h4-9,11,18H,10,12-13H2,1-3H3,(H,25,28)/t18-/m1/s1. The maximum absolute atomic E-state index is 12.3. The molecule has 0 aliphatic carbocycles. The van der Waals surface area contributed by atoms with E-state index in [4.69, 9.17) is 9.47 Å². The van der Waals surface area contributed by atoms with Gasteiger partial charge < -0.3 is 14.8 Å². The number of fused-ring (bicyclic) bond motifs is 1. The predicted molar refractivity (Wildman–Crippen MR) is 114 cm³/mol. The number of methoxy groups -OCH3 is 1. The van der Waals surface area contributed by atoms with Crippen LogP contribution in [0.1, 0.15) is 27.3 Å². The highest BCUT2D eigenvalue weighted by atomic mass is 16.5. The quantitative estimate of drug-likeness (QED) is 0.616. The molecule has 0 unspecified atom stereocenters. The number of nitrogens with one attached hydrogen (secondary N) is 1. The summed E-state index contributed by atoms with van der Waals surface area (Å²) in [5.41, 5.74) is 4.86. The minimum absolute atomic E-state index is 0.106. The van der Waals surface area contributed by atoms with Crippen molar-refractivity contribution >= 4 is 11.9 Å². The fraction of sp³-hybridized carbons (Fsp3) is 0.304. The van der Waals surface area contributed by atoms with E-state index < -0.39 is 5.97 Å². The predicted octanol–water partition coefficient (Wildman–Crippen LogP) is 2.47. The molecule has 31 heavy (non-hydrogen) atoms. The Bertz CT molecular complexity index is 1120. The molecule has 4 rings (SSSR count). The van der Waals surface area contributed by atoms with Crippen LogP contribution >= 0.6 is 0 Å². The smallest absolute Gasteiger partial charge is 0.339 e. The number of nitrogens with zero attached hydrogens (tertiary/aromatic N) is 3. The van der Waals surface area contributed by atoms with Crippen LogP contribution in [0, 0.1) is 13.8 Å². The molecule has 2 aromatic heterocycles. The number of benzene rings is 1. The number of pyridine rings is 1. The summed E-state index contributed by atoms with van der Waals surface area (Å²) in [6, 6.07) is 11.3. The third kappa shape index (κ3) is 4.42. The Hall–Kier alpha value is -3.68. The number of rotatable bonds is 6. The van der Waals surface area contributed by atoms with Crippen molar-refractivity contribution in [2.45, 2.75) is 32.9 Å². The molecule has 3 aromatic rings. The lowest BCUT2D eigenvalue weighted by atomic mass is 10.0. The van der Waals surface area contributed by atoms with Gasteiger partial charge in [-0.1, -0.05) is 12.1 Å². The molecular formula is C23H24N4O4. The highest BCUT2D eigenvalue weighted by molar-refractivity contribution is 5.89. The fourth-order valence-corrected chi connectivity index (χ4v) is 3.70. The molecule has 1 aromatic carbocycles. The molecular weight excluding hydrogens is 396 g/mol. The minimum atomic E-state index is -0.426. The summed E-state index contributed by atoms with van der Waals surface area (Å²) in [4.78, 5) is 28.3. The Morgan fingerprint density at radius 2 is 2.10 bits per heavy atom. The molecule has 1 aliphatic rings. The summed E-state index contributed by atoms with van der Waals surface area (Å²) >= 11 is 0. The monoisotopic (exact) mass is 420 g/mol. The lowest BCUT2D eigenvalue weighted by molar-refractivity contribution is -0.122. The summed E-state index contributed by atoms with van der Waals surface area (Å²) < 4.78 is 12.6. The largest absolute Gasteiger partial charge is 0.487 e. The third-order valence-electron chi connectivity index (χ3n) is 5.21. The molecule has 0 saturated carbocycles. The number of esters is 1. The van der Waals surface area contributed by atoms with Crippen molar-refractivity contribution in [3.8, 4) is 17.0 Å². The SMILES string of the molecule is COC(=O)c1ccc(-c2cccc3c2O[C@@H](CNC(=O)Cn2nc(C)cc2C)C3)nc1. The van der Waals surface area contributed by atoms with E-state index in [1.807, 2.05) is 38.1 Å². The van der Waals surface area contributed by atoms with E-state index in [0.717, 1.165) is 28.3 Å². The molecule has 160 valence electrons. The molecule has 1 atom stereocenters. The number of aromatic nitrogens is 3.